The lowest BCUT2D eigenvalue weighted by Crippen LogP contribution is -2.35. The Morgan fingerprint density at radius 2 is 1.86 bits per heavy atom. The van der Waals surface area contributed by atoms with Crippen LogP contribution in [-0.2, 0) is 27.5 Å². The molecule has 0 unspecified atom stereocenters. The molecule has 3 aromatic rings. The third kappa shape index (κ3) is 5.57. The average molecular weight is 541 g/mol. The van der Waals surface area contributed by atoms with E-state index in [0.717, 1.165) is 31.0 Å². The summed E-state index contributed by atoms with van der Waals surface area (Å²) in [5, 5.41) is 12.9. The molecule has 1 fully saturated rings. The first-order chi connectivity index (χ1) is 17.7. The molecule has 0 spiro atoms. The number of sulfone groups is 1. The lowest BCUT2D eigenvalue weighted by Gasteiger charge is -2.33. The molecule has 2 aliphatic heterocycles. The second kappa shape index (κ2) is 10.3. The summed E-state index contributed by atoms with van der Waals surface area (Å²) in [5.74, 6) is 0.402. The summed E-state index contributed by atoms with van der Waals surface area (Å²) in [6.45, 7) is 3.62. The number of hydrogen-bond donors (Lipinski definition) is 2. The fourth-order valence-electron chi connectivity index (χ4n) is 5.24. The number of aromatic nitrogens is 2. The van der Waals surface area contributed by atoms with Gasteiger partial charge in [0.1, 0.15) is 4.90 Å². The minimum absolute atomic E-state index is 0.0702. The Hall–Kier alpha value is -3.17. The van der Waals surface area contributed by atoms with Crippen LogP contribution in [0.1, 0.15) is 47.6 Å². The highest BCUT2D eigenvalue weighted by Gasteiger charge is 2.32. The minimum Gasteiger partial charge on any atom is -0.481 e. The number of halogens is 1. The number of aliphatic carboxylic acids is 1. The number of rotatable bonds is 6. The van der Waals surface area contributed by atoms with Crippen molar-refractivity contribution in [2.75, 3.05) is 29.1 Å². The van der Waals surface area contributed by atoms with Crippen molar-refractivity contribution < 1.29 is 18.3 Å². The quantitative estimate of drug-likeness (QED) is 0.453. The fourth-order valence-corrected chi connectivity index (χ4v) is 7.10. The third-order valence-corrected chi connectivity index (χ3v) is 9.20. The number of piperidine rings is 1. The SMILES string of the molecule is Cc1cc(Cl)ccc1C1CCN(c2nc3c(c(Nc4ccc(CC(=O)O)cc4)n2)S(=O)(=O)CCC3)CC1. The molecule has 0 atom stereocenters. The molecule has 3 heterocycles. The van der Waals surface area contributed by atoms with Crippen molar-refractivity contribution in [2.45, 2.75) is 49.8 Å². The maximum Gasteiger partial charge on any atom is 0.307 e. The second-order valence-electron chi connectivity index (χ2n) is 9.73. The van der Waals surface area contributed by atoms with Crippen molar-refractivity contribution >= 4 is 44.9 Å². The molecule has 1 aromatic heterocycles. The largest absolute Gasteiger partial charge is 0.481 e. The number of benzene rings is 2. The van der Waals surface area contributed by atoms with Crippen molar-refractivity contribution in [3.8, 4) is 0 Å². The summed E-state index contributed by atoms with van der Waals surface area (Å²) in [6.07, 6.45) is 2.92. The van der Waals surface area contributed by atoms with E-state index in [1.807, 2.05) is 12.1 Å². The molecule has 37 heavy (non-hydrogen) atoms. The predicted octanol–water partition coefficient (Wildman–Crippen LogP) is 4.91. The van der Waals surface area contributed by atoms with Gasteiger partial charge in [0, 0.05) is 23.8 Å². The van der Waals surface area contributed by atoms with Gasteiger partial charge in [-0.3, -0.25) is 4.79 Å². The van der Waals surface area contributed by atoms with E-state index in [0.29, 0.717) is 41.7 Å². The van der Waals surface area contributed by atoms with E-state index in [2.05, 4.69) is 23.2 Å². The lowest BCUT2D eigenvalue weighted by molar-refractivity contribution is -0.136. The summed E-state index contributed by atoms with van der Waals surface area (Å²) in [5.41, 5.74) is 4.36. The predicted molar refractivity (Wildman–Crippen MR) is 144 cm³/mol. The van der Waals surface area contributed by atoms with Crippen LogP contribution in [0.3, 0.4) is 0 Å². The zero-order valence-electron chi connectivity index (χ0n) is 20.6. The Morgan fingerprint density at radius 3 is 2.54 bits per heavy atom. The molecule has 0 aliphatic carbocycles. The van der Waals surface area contributed by atoms with Gasteiger partial charge >= 0.3 is 5.97 Å². The highest BCUT2D eigenvalue weighted by atomic mass is 35.5. The van der Waals surface area contributed by atoms with Gasteiger partial charge in [0.25, 0.3) is 0 Å². The van der Waals surface area contributed by atoms with E-state index in [9.17, 15) is 13.2 Å². The number of nitrogens with zero attached hydrogens (tertiary/aromatic N) is 3. The maximum absolute atomic E-state index is 13.0. The summed E-state index contributed by atoms with van der Waals surface area (Å²) in [7, 11) is -3.51. The van der Waals surface area contributed by atoms with Crippen LogP contribution < -0.4 is 10.2 Å². The van der Waals surface area contributed by atoms with Crippen LogP contribution in [0.25, 0.3) is 0 Å². The summed E-state index contributed by atoms with van der Waals surface area (Å²) in [6, 6.07) is 13.0. The Bertz CT molecular complexity index is 1440. The van der Waals surface area contributed by atoms with E-state index < -0.39 is 15.8 Å². The molecule has 0 bridgehead atoms. The zero-order chi connectivity index (χ0) is 26.2. The van der Waals surface area contributed by atoms with E-state index in [1.165, 1.54) is 11.1 Å². The molecule has 0 radical (unpaired) electrons. The van der Waals surface area contributed by atoms with Crippen molar-refractivity contribution in [1.29, 1.82) is 0 Å². The number of aryl methyl sites for hydroxylation is 2. The molecular weight excluding hydrogens is 512 g/mol. The molecule has 5 rings (SSSR count). The van der Waals surface area contributed by atoms with Crippen molar-refractivity contribution in [2.24, 2.45) is 0 Å². The minimum atomic E-state index is -3.51. The third-order valence-electron chi connectivity index (χ3n) is 7.08. The van der Waals surface area contributed by atoms with Gasteiger partial charge in [0.2, 0.25) is 5.95 Å². The number of anilines is 3. The fraction of sp³-hybridized carbons (Fsp3) is 0.370. The first kappa shape index (κ1) is 25.5. The van der Waals surface area contributed by atoms with Crippen LogP contribution in [-0.4, -0.2) is 48.3 Å². The molecule has 2 aromatic carbocycles. The first-order valence-corrected chi connectivity index (χ1v) is 14.4. The van der Waals surface area contributed by atoms with Gasteiger partial charge < -0.3 is 15.3 Å². The Kier molecular flexibility index (Phi) is 7.09. The highest BCUT2D eigenvalue weighted by Crippen LogP contribution is 2.36. The molecule has 8 nitrogen and oxygen atoms in total. The maximum atomic E-state index is 13.0. The summed E-state index contributed by atoms with van der Waals surface area (Å²) in [4.78, 5) is 22.7. The lowest BCUT2D eigenvalue weighted by atomic mass is 9.87. The molecule has 2 aliphatic rings. The smallest absolute Gasteiger partial charge is 0.307 e. The van der Waals surface area contributed by atoms with Crippen molar-refractivity contribution in [3.63, 3.8) is 0 Å². The van der Waals surface area contributed by atoms with Gasteiger partial charge in [-0.2, -0.15) is 4.98 Å². The molecule has 1 saturated heterocycles. The van der Waals surface area contributed by atoms with Crippen LogP contribution in [0, 0.1) is 6.92 Å². The molecule has 0 amide bonds. The average Bonchev–Trinajstić information content (AvgIpc) is 2.84. The Balaban J connectivity index is 1.41. The van der Waals surface area contributed by atoms with E-state index in [4.69, 9.17) is 26.7 Å². The van der Waals surface area contributed by atoms with Crippen LogP contribution >= 0.6 is 11.6 Å². The first-order valence-electron chi connectivity index (χ1n) is 12.4. The van der Waals surface area contributed by atoms with Crippen LogP contribution in [0.4, 0.5) is 17.5 Å². The van der Waals surface area contributed by atoms with E-state index in [-0.39, 0.29) is 22.9 Å². The van der Waals surface area contributed by atoms with Gasteiger partial charge in [0.05, 0.1) is 17.9 Å². The number of fused-ring (bicyclic) bond motifs is 1. The topological polar surface area (TPSA) is 112 Å². The van der Waals surface area contributed by atoms with Crippen LogP contribution in [0.15, 0.2) is 47.4 Å². The monoisotopic (exact) mass is 540 g/mol. The molecule has 194 valence electrons. The molecular formula is C27H29ClN4O4S. The summed E-state index contributed by atoms with van der Waals surface area (Å²) < 4.78 is 26.0. The van der Waals surface area contributed by atoms with Crippen LogP contribution in [0.5, 0.6) is 0 Å². The number of nitrogens with one attached hydrogen (secondary N) is 1. The highest BCUT2D eigenvalue weighted by molar-refractivity contribution is 7.91. The van der Waals surface area contributed by atoms with Gasteiger partial charge in [-0.1, -0.05) is 29.8 Å². The zero-order valence-corrected chi connectivity index (χ0v) is 22.1. The number of carboxylic acid groups (broad SMARTS) is 1. The van der Waals surface area contributed by atoms with Gasteiger partial charge in [-0.15, -0.1) is 0 Å². The van der Waals surface area contributed by atoms with E-state index in [1.54, 1.807) is 24.3 Å². The van der Waals surface area contributed by atoms with Gasteiger partial charge in [-0.05, 0) is 79.5 Å². The Labute approximate surface area is 221 Å². The number of carbonyl (C=O) groups is 1. The summed E-state index contributed by atoms with van der Waals surface area (Å²) >= 11 is 6.14. The molecule has 10 heteroatoms. The molecule has 0 saturated carbocycles. The number of hydrogen-bond acceptors (Lipinski definition) is 7. The van der Waals surface area contributed by atoms with Crippen LogP contribution in [0.2, 0.25) is 5.02 Å². The molecule has 2 N–H and O–H groups in total. The Morgan fingerprint density at radius 1 is 1.14 bits per heavy atom. The van der Waals surface area contributed by atoms with Gasteiger partial charge in [0.15, 0.2) is 15.7 Å². The normalized spacial score (nSPS) is 17.3. The standard InChI is InChI=1S/C27H29ClN4O4S/c1-17-15-20(28)6-9-22(17)19-10-12-32(13-11-19)27-30-23-3-2-14-37(35,36)25(23)26(31-27)29-21-7-4-18(5-8-21)16-24(33)34/h4-9,15,19H,2-3,10-14,16H2,1H3,(H,33,34)(H,29,30,31). The van der Waals surface area contributed by atoms with Gasteiger partial charge in [-0.25, -0.2) is 13.4 Å². The van der Waals surface area contributed by atoms with Crippen molar-refractivity contribution in [1.82, 2.24) is 9.97 Å². The van der Waals surface area contributed by atoms with Crippen molar-refractivity contribution in [3.05, 3.63) is 69.9 Å². The number of carboxylic acids is 1. The second-order valence-corrected chi connectivity index (χ2v) is 12.2. The van der Waals surface area contributed by atoms with E-state index >= 15 is 0 Å².